The van der Waals surface area contributed by atoms with Crippen LogP contribution in [0.1, 0.15) is 26.7 Å². The lowest BCUT2D eigenvalue weighted by atomic mass is 9.49. The number of hydrogen-bond donors (Lipinski definition) is 1. The molecule has 2 bridgehead atoms. The van der Waals surface area contributed by atoms with Crippen LogP contribution in [-0.4, -0.2) is 6.61 Å². The fraction of sp³-hybridized carbons (Fsp3) is 0.800. The minimum absolute atomic E-state index is 0.503. The van der Waals surface area contributed by atoms with Crippen LogP contribution in [0.3, 0.4) is 0 Å². The molecule has 0 aromatic heterocycles. The van der Waals surface area contributed by atoms with Crippen LogP contribution in [0.4, 0.5) is 0 Å². The van der Waals surface area contributed by atoms with Gasteiger partial charge in [0.25, 0.3) is 0 Å². The van der Waals surface area contributed by atoms with E-state index in [0.29, 0.717) is 12.0 Å². The van der Waals surface area contributed by atoms with Gasteiger partial charge in [0.1, 0.15) is 0 Å². The monoisotopic (exact) mass is 167 g/mol. The molecule has 0 saturated heterocycles. The molecule has 2 N–H and O–H groups in total. The first-order chi connectivity index (χ1) is 5.66. The van der Waals surface area contributed by atoms with Gasteiger partial charge in [-0.3, -0.25) is 0 Å². The Morgan fingerprint density at radius 1 is 1.67 bits per heavy atom. The van der Waals surface area contributed by atoms with Gasteiger partial charge in [0.05, 0.1) is 6.61 Å². The maximum atomic E-state index is 5.09. The van der Waals surface area contributed by atoms with Gasteiger partial charge in [-0.2, -0.15) is 0 Å². The highest BCUT2D eigenvalue weighted by atomic mass is 16.6. The van der Waals surface area contributed by atoms with Crippen LogP contribution < -0.4 is 5.90 Å². The van der Waals surface area contributed by atoms with Gasteiger partial charge >= 0.3 is 0 Å². The van der Waals surface area contributed by atoms with Crippen molar-refractivity contribution in [1.29, 1.82) is 0 Å². The van der Waals surface area contributed by atoms with Crippen molar-refractivity contribution in [2.75, 3.05) is 6.61 Å². The van der Waals surface area contributed by atoms with Crippen LogP contribution in [0.25, 0.3) is 0 Å². The zero-order valence-electron chi connectivity index (χ0n) is 7.84. The van der Waals surface area contributed by atoms with Crippen molar-refractivity contribution in [1.82, 2.24) is 0 Å². The topological polar surface area (TPSA) is 35.2 Å². The molecular weight excluding hydrogens is 150 g/mol. The van der Waals surface area contributed by atoms with Gasteiger partial charge in [-0.05, 0) is 35.7 Å². The molecule has 2 nitrogen and oxygen atoms in total. The summed E-state index contributed by atoms with van der Waals surface area (Å²) in [6.07, 6.45) is 4.89. The van der Waals surface area contributed by atoms with E-state index in [2.05, 4.69) is 19.9 Å². The van der Waals surface area contributed by atoms with E-state index in [9.17, 15) is 0 Å². The highest BCUT2D eigenvalue weighted by Crippen LogP contribution is 2.59. The lowest BCUT2D eigenvalue weighted by Gasteiger charge is -2.56. The predicted octanol–water partition coefficient (Wildman–Crippen LogP) is 1.87. The summed E-state index contributed by atoms with van der Waals surface area (Å²) < 4.78 is 0. The summed E-state index contributed by atoms with van der Waals surface area (Å²) in [7, 11) is 0. The predicted molar refractivity (Wildman–Crippen MR) is 48.2 cm³/mol. The molecule has 0 aliphatic heterocycles. The summed E-state index contributed by atoms with van der Waals surface area (Å²) in [5.41, 5.74) is 1.92. The van der Waals surface area contributed by atoms with Crippen molar-refractivity contribution < 1.29 is 4.84 Å². The quantitative estimate of drug-likeness (QED) is 0.503. The van der Waals surface area contributed by atoms with E-state index >= 15 is 0 Å². The molecule has 3 aliphatic carbocycles. The zero-order valence-corrected chi connectivity index (χ0v) is 7.84. The molecule has 12 heavy (non-hydrogen) atoms. The number of allylic oxidation sites excluding steroid dienone is 1. The van der Waals surface area contributed by atoms with E-state index in [-0.39, 0.29) is 0 Å². The van der Waals surface area contributed by atoms with Crippen molar-refractivity contribution >= 4 is 0 Å². The van der Waals surface area contributed by atoms with Gasteiger partial charge in [0.2, 0.25) is 0 Å². The average Bonchev–Trinajstić information content (AvgIpc) is 2.05. The Kier molecular flexibility index (Phi) is 1.77. The molecule has 0 radical (unpaired) electrons. The molecule has 3 aliphatic rings. The van der Waals surface area contributed by atoms with Crippen LogP contribution in [0.2, 0.25) is 0 Å². The molecule has 1 saturated carbocycles. The summed E-state index contributed by atoms with van der Waals surface area (Å²) in [5.74, 6) is 6.73. The van der Waals surface area contributed by atoms with Crippen LogP contribution in [-0.2, 0) is 4.84 Å². The number of nitrogens with two attached hydrogens (primary N) is 1. The molecule has 2 heteroatoms. The Morgan fingerprint density at radius 3 is 2.92 bits per heavy atom. The van der Waals surface area contributed by atoms with Gasteiger partial charge in [0.15, 0.2) is 0 Å². The Balaban J connectivity index is 2.13. The molecule has 0 heterocycles. The van der Waals surface area contributed by atoms with E-state index < -0.39 is 0 Å². The maximum Gasteiger partial charge on any atom is 0.0892 e. The third kappa shape index (κ3) is 0.947. The van der Waals surface area contributed by atoms with E-state index in [1.54, 1.807) is 0 Å². The second-order valence-electron chi connectivity index (χ2n) is 4.63. The summed E-state index contributed by atoms with van der Waals surface area (Å²) in [4.78, 5) is 4.70. The van der Waals surface area contributed by atoms with Crippen molar-refractivity contribution in [2.45, 2.75) is 26.7 Å². The molecule has 3 rings (SSSR count). The second-order valence-corrected chi connectivity index (χ2v) is 4.63. The number of rotatable bonds is 2. The summed E-state index contributed by atoms with van der Waals surface area (Å²) in [6.45, 7) is 5.34. The van der Waals surface area contributed by atoms with Gasteiger partial charge in [-0.15, -0.1) is 0 Å². The Labute approximate surface area is 73.7 Å². The van der Waals surface area contributed by atoms with E-state index in [1.165, 1.54) is 18.4 Å². The molecule has 68 valence electrons. The largest absolute Gasteiger partial charge is 0.300 e. The molecule has 0 spiro atoms. The summed E-state index contributed by atoms with van der Waals surface area (Å²) in [6, 6.07) is 0. The van der Waals surface area contributed by atoms with Crippen molar-refractivity contribution in [3.63, 3.8) is 0 Å². The Bertz CT molecular complexity index is 220. The van der Waals surface area contributed by atoms with Gasteiger partial charge in [-0.25, -0.2) is 5.90 Å². The van der Waals surface area contributed by atoms with Crippen LogP contribution in [0.5, 0.6) is 0 Å². The smallest absolute Gasteiger partial charge is 0.0892 e. The molecule has 1 fully saturated rings. The first-order valence-corrected chi connectivity index (χ1v) is 4.67. The third-order valence-corrected chi connectivity index (χ3v) is 3.83. The van der Waals surface area contributed by atoms with Crippen molar-refractivity contribution in [2.24, 2.45) is 23.1 Å². The standard InChI is InChI=1S/C10H17NO/c1-10(2)8-4-3-7(6-12-11)9(10)5-8/h3,8-9H,4-6,11H2,1-2H3. The molecule has 0 aromatic rings. The lowest BCUT2D eigenvalue weighted by Crippen LogP contribution is -2.48. The molecular formula is C10H17NO. The first-order valence-electron chi connectivity index (χ1n) is 4.67. The van der Waals surface area contributed by atoms with Crippen molar-refractivity contribution in [3.05, 3.63) is 11.6 Å². The fourth-order valence-electron chi connectivity index (χ4n) is 2.74. The highest BCUT2D eigenvalue weighted by molar-refractivity contribution is 5.23. The van der Waals surface area contributed by atoms with Crippen LogP contribution in [0.15, 0.2) is 11.6 Å². The van der Waals surface area contributed by atoms with Gasteiger partial charge in [0, 0.05) is 0 Å². The SMILES string of the molecule is CC1(C)C2CC=C(CON)C1C2. The number of fused-ring (bicyclic) bond motifs is 1. The maximum absolute atomic E-state index is 5.09. The zero-order chi connectivity index (χ0) is 8.77. The van der Waals surface area contributed by atoms with E-state index in [1.807, 2.05) is 0 Å². The Morgan fingerprint density at radius 2 is 2.42 bits per heavy atom. The molecule has 2 unspecified atom stereocenters. The molecule has 0 aromatic carbocycles. The van der Waals surface area contributed by atoms with Gasteiger partial charge in [-0.1, -0.05) is 19.9 Å². The van der Waals surface area contributed by atoms with E-state index in [4.69, 9.17) is 10.7 Å². The normalized spacial score (nSPS) is 37.1. The Hall–Kier alpha value is -0.340. The van der Waals surface area contributed by atoms with Crippen molar-refractivity contribution in [3.8, 4) is 0 Å². The van der Waals surface area contributed by atoms with E-state index in [0.717, 1.165) is 11.8 Å². The molecule has 0 amide bonds. The lowest BCUT2D eigenvalue weighted by molar-refractivity contribution is -0.0175. The summed E-state index contributed by atoms with van der Waals surface area (Å²) in [5, 5.41) is 0. The first kappa shape index (κ1) is 8.27. The second kappa shape index (κ2) is 2.57. The average molecular weight is 167 g/mol. The minimum Gasteiger partial charge on any atom is -0.300 e. The fourth-order valence-corrected chi connectivity index (χ4v) is 2.74. The van der Waals surface area contributed by atoms with Crippen LogP contribution >= 0.6 is 0 Å². The highest BCUT2D eigenvalue weighted by Gasteiger charge is 2.50. The number of hydrogen-bond acceptors (Lipinski definition) is 2. The summed E-state index contributed by atoms with van der Waals surface area (Å²) >= 11 is 0. The van der Waals surface area contributed by atoms with Crippen LogP contribution in [0, 0.1) is 17.3 Å². The third-order valence-electron chi connectivity index (χ3n) is 3.83. The van der Waals surface area contributed by atoms with Gasteiger partial charge < -0.3 is 4.84 Å². The molecule has 2 atom stereocenters. The minimum atomic E-state index is 0.503.